The summed E-state index contributed by atoms with van der Waals surface area (Å²) in [5, 5.41) is 0. The quantitative estimate of drug-likeness (QED) is 0.856. The van der Waals surface area contributed by atoms with Crippen LogP contribution in [0.3, 0.4) is 0 Å². The molecule has 2 aromatic carbocycles. The van der Waals surface area contributed by atoms with Crippen molar-refractivity contribution >= 4 is 0 Å². The van der Waals surface area contributed by atoms with Crippen molar-refractivity contribution in [2.24, 2.45) is 5.73 Å². The topological polar surface area (TPSA) is 26.0 Å². The van der Waals surface area contributed by atoms with Gasteiger partial charge in [0.25, 0.3) is 0 Å². The minimum atomic E-state index is -0.694. The summed E-state index contributed by atoms with van der Waals surface area (Å²) >= 11 is 0. The molecule has 0 heterocycles. The van der Waals surface area contributed by atoms with Crippen LogP contribution in [-0.2, 0) is 12.8 Å². The lowest BCUT2D eigenvalue weighted by Gasteiger charge is -2.13. The second-order valence-corrected chi connectivity index (χ2v) is 4.64. The van der Waals surface area contributed by atoms with E-state index in [1.165, 1.54) is 6.07 Å². The lowest BCUT2D eigenvalue weighted by molar-refractivity contribution is 0.546. The summed E-state index contributed by atoms with van der Waals surface area (Å²) in [4.78, 5) is 0. The van der Waals surface area contributed by atoms with Crippen molar-refractivity contribution in [2.45, 2.75) is 18.9 Å². The summed E-state index contributed by atoms with van der Waals surface area (Å²) in [6, 6.07) is 5.72. The van der Waals surface area contributed by atoms with E-state index in [0.29, 0.717) is 0 Å². The first-order chi connectivity index (χ1) is 9.45. The third kappa shape index (κ3) is 3.57. The first kappa shape index (κ1) is 14.5. The van der Waals surface area contributed by atoms with Gasteiger partial charge in [0.2, 0.25) is 0 Å². The highest BCUT2D eigenvalue weighted by atomic mass is 19.1. The smallest absolute Gasteiger partial charge is 0.129 e. The number of halogens is 4. The maximum absolute atomic E-state index is 13.5. The van der Waals surface area contributed by atoms with Crippen LogP contribution in [0.1, 0.15) is 11.1 Å². The molecule has 0 bridgehead atoms. The first-order valence-electron chi connectivity index (χ1n) is 6.09. The number of nitrogens with two attached hydrogens (primary N) is 1. The van der Waals surface area contributed by atoms with Gasteiger partial charge < -0.3 is 5.73 Å². The van der Waals surface area contributed by atoms with E-state index in [4.69, 9.17) is 5.73 Å². The molecule has 0 aliphatic carbocycles. The van der Waals surface area contributed by atoms with E-state index in [-0.39, 0.29) is 24.0 Å². The molecule has 2 aromatic rings. The number of hydrogen-bond donors (Lipinski definition) is 1. The normalized spacial score (nSPS) is 12.4. The van der Waals surface area contributed by atoms with E-state index in [1.807, 2.05) is 0 Å². The van der Waals surface area contributed by atoms with Crippen LogP contribution in [0, 0.1) is 23.3 Å². The van der Waals surface area contributed by atoms with Gasteiger partial charge in [0.05, 0.1) is 0 Å². The fourth-order valence-electron chi connectivity index (χ4n) is 2.02. The molecule has 0 radical (unpaired) electrons. The van der Waals surface area contributed by atoms with Gasteiger partial charge in [-0.1, -0.05) is 6.07 Å². The van der Waals surface area contributed by atoms with Gasteiger partial charge in [-0.15, -0.1) is 0 Å². The molecule has 0 aromatic heterocycles. The monoisotopic (exact) mass is 283 g/mol. The lowest BCUT2D eigenvalue weighted by atomic mass is 9.99. The van der Waals surface area contributed by atoms with Gasteiger partial charge in [0.1, 0.15) is 23.3 Å². The molecule has 0 aliphatic rings. The molecule has 0 amide bonds. The van der Waals surface area contributed by atoms with Crippen molar-refractivity contribution in [3.8, 4) is 0 Å². The van der Waals surface area contributed by atoms with E-state index in [2.05, 4.69) is 0 Å². The third-order valence-electron chi connectivity index (χ3n) is 2.99. The Morgan fingerprint density at radius 2 is 1.35 bits per heavy atom. The van der Waals surface area contributed by atoms with Crippen LogP contribution in [0.25, 0.3) is 0 Å². The third-order valence-corrected chi connectivity index (χ3v) is 2.99. The maximum Gasteiger partial charge on any atom is 0.129 e. The van der Waals surface area contributed by atoms with Crippen molar-refractivity contribution in [1.82, 2.24) is 0 Å². The Bertz CT molecular complexity index is 613. The lowest BCUT2D eigenvalue weighted by Crippen LogP contribution is -2.26. The average Bonchev–Trinajstić information content (AvgIpc) is 2.37. The van der Waals surface area contributed by atoms with Crippen LogP contribution in [-0.4, -0.2) is 6.04 Å². The van der Waals surface area contributed by atoms with E-state index in [1.54, 1.807) is 0 Å². The second-order valence-electron chi connectivity index (χ2n) is 4.64. The van der Waals surface area contributed by atoms with Crippen LogP contribution < -0.4 is 5.73 Å². The molecule has 5 heteroatoms. The summed E-state index contributed by atoms with van der Waals surface area (Å²) < 4.78 is 52.7. The Labute approximate surface area is 114 Å². The SMILES string of the molecule is NC(Cc1ccc(F)cc1F)Cc1cc(F)ccc1F. The van der Waals surface area contributed by atoms with Crippen molar-refractivity contribution in [2.75, 3.05) is 0 Å². The maximum atomic E-state index is 13.5. The fourth-order valence-corrected chi connectivity index (χ4v) is 2.02. The Balaban J connectivity index is 2.08. The molecule has 20 heavy (non-hydrogen) atoms. The Morgan fingerprint density at radius 1 is 0.750 bits per heavy atom. The average molecular weight is 283 g/mol. The summed E-state index contributed by atoms with van der Waals surface area (Å²) in [5.74, 6) is -2.47. The molecule has 106 valence electrons. The Hall–Kier alpha value is -1.88. The number of rotatable bonds is 4. The molecule has 0 saturated carbocycles. The zero-order chi connectivity index (χ0) is 14.7. The van der Waals surface area contributed by atoms with Crippen molar-refractivity contribution < 1.29 is 17.6 Å². The van der Waals surface area contributed by atoms with Crippen LogP contribution in [0.15, 0.2) is 36.4 Å². The van der Waals surface area contributed by atoms with Gasteiger partial charge in [-0.2, -0.15) is 0 Å². The summed E-state index contributed by atoms with van der Waals surface area (Å²) in [5.41, 5.74) is 6.20. The Kier molecular flexibility index (Phi) is 4.39. The van der Waals surface area contributed by atoms with Gasteiger partial charge >= 0.3 is 0 Å². The summed E-state index contributed by atoms with van der Waals surface area (Å²) in [6.07, 6.45) is 0.183. The highest BCUT2D eigenvalue weighted by Crippen LogP contribution is 2.15. The molecule has 1 atom stereocenters. The zero-order valence-corrected chi connectivity index (χ0v) is 10.5. The van der Waals surface area contributed by atoms with Crippen LogP contribution in [0.5, 0.6) is 0 Å². The summed E-state index contributed by atoms with van der Waals surface area (Å²) in [6.45, 7) is 0. The van der Waals surface area contributed by atoms with Gasteiger partial charge in [0, 0.05) is 12.1 Å². The van der Waals surface area contributed by atoms with Gasteiger partial charge in [-0.05, 0) is 48.2 Å². The van der Waals surface area contributed by atoms with Gasteiger partial charge in [0.15, 0.2) is 0 Å². The largest absolute Gasteiger partial charge is 0.327 e. The van der Waals surface area contributed by atoms with Crippen LogP contribution in [0.2, 0.25) is 0 Å². The molecule has 0 spiro atoms. The number of benzene rings is 2. The molecule has 2 N–H and O–H groups in total. The summed E-state index contributed by atoms with van der Waals surface area (Å²) in [7, 11) is 0. The predicted molar refractivity (Wildman–Crippen MR) is 68.1 cm³/mol. The van der Waals surface area contributed by atoms with E-state index in [9.17, 15) is 17.6 Å². The molecule has 0 fully saturated rings. The zero-order valence-electron chi connectivity index (χ0n) is 10.5. The molecule has 2 rings (SSSR count). The standard InChI is InChI=1S/C15H13F4N/c16-11-3-4-14(18)10(5-11)7-13(20)6-9-1-2-12(17)8-15(9)19/h1-5,8,13H,6-7,20H2. The van der Waals surface area contributed by atoms with Crippen molar-refractivity contribution in [3.05, 3.63) is 70.8 Å². The predicted octanol–water partition coefficient (Wildman–Crippen LogP) is 3.36. The van der Waals surface area contributed by atoms with Crippen LogP contribution in [0.4, 0.5) is 17.6 Å². The van der Waals surface area contributed by atoms with Gasteiger partial charge in [-0.25, -0.2) is 17.6 Å². The van der Waals surface area contributed by atoms with Crippen LogP contribution >= 0.6 is 0 Å². The fraction of sp³-hybridized carbons (Fsp3) is 0.200. The highest BCUT2D eigenvalue weighted by molar-refractivity contribution is 5.23. The highest BCUT2D eigenvalue weighted by Gasteiger charge is 2.13. The molecule has 0 aliphatic heterocycles. The van der Waals surface area contributed by atoms with Gasteiger partial charge in [-0.3, -0.25) is 0 Å². The molecule has 1 unspecified atom stereocenters. The Morgan fingerprint density at radius 3 is 2.05 bits per heavy atom. The van der Waals surface area contributed by atoms with Crippen molar-refractivity contribution in [1.29, 1.82) is 0 Å². The minimum absolute atomic E-state index is 0.0699. The molecular weight excluding hydrogens is 270 g/mol. The first-order valence-corrected chi connectivity index (χ1v) is 6.09. The molecule has 0 saturated heterocycles. The second kappa shape index (κ2) is 6.05. The van der Waals surface area contributed by atoms with E-state index >= 15 is 0 Å². The molecular formula is C15H13F4N. The van der Waals surface area contributed by atoms with E-state index < -0.39 is 29.3 Å². The van der Waals surface area contributed by atoms with E-state index in [0.717, 1.165) is 30.3 Å². The minimum Gasteiger partial charge on any atom is -0.327 e. The van der Waals surface area contributed by atoms with Crippen molar-refractivity contribution in [3.63, 3.8) is 0 Å². The molecule has 1 nitrogen and oxygen atoms in total. The number of hydrogen-bond acceptors (Lipinski definition) is 1.